The molecule has 1 aromatic carbocycles. The molecule has 4 heteroatoms. The van der Waals surface area contributed by atoms with E-state index in [0.717, 1.165) is 37.7 Å². The maximum absolute atomic E-state index is 13.2. The molecule has 1 aromatic rings. The largest absolute Gasteiger partial charge is 0.312 e. The van der Waals surface area contributed by atoms with E-state index in [1.165, 1.54) is 18.9 Å². The molecule has 0 amide bonds. The lowest BCUT2D eigenvalue weighted by atomic mass is 9.94. The van der Waals surface area contributed by atoms with Crippen LogP contribution in [0.4, 0.5) is 4.39 Å². The predicted molar refractivity (Wildman–Crippen MR) is 71.2 cm³/mol. The fourth-order valence-corrected chi connectivity index (χ4v) is 3.35. The first-order chi connectivity index (χ1) is 8.72. The molecule has 2 saturated heterocycles. The highest BCUT2D eigenvalue weighted by Crippen LogP contribution is 2.27. The number of piperidine rings is 1. The smallest absolute Gasteiger partial charge is 0.123 e. The molecule has 0 saturated carbocycles. The SMILES string of the molecule is Fc1ccc(Cl)c(CN2C[C@@H]3CCCN[C@@H]3C2)c1. The van der Waals surface area contributed by atoms with Crippen molar-refractivity contribution >= 4 is 11.6 Å². The van der Waals surface area contributed by atoms with E-state index in [1.54, 1.807) is 12.1 Å². The number of rotatable bonds is 2. The number of nitrogens with one attached hydrogen (secondary N) is 1. The van der Waals surface area contributed by atoms with Gasteiger partial charge < -0.3 is 5.32 Å². The Labute approximate surface area is 112 Å². The van der Waals surface area contributed by atoms with E-state index in [2.05, 4.69) is 10.2 Å². The second-order valence-electron chi connectivity index (χ2n) is 5.39. The van der Waals surface area contributed by atoms with Gasteiger partial charge in [-0.05, 0) is 49.1 Å². The first kappa shape index (κ1) is 12.4. The Kier molecular flexibility index (Phi) is 3.55. The monoisotopic (exact) mass is 268 g/mol. The number of halogens is 2. The molecule has 2 heterocycles. The summed E-state index contributed by atoms with van der Waals surface area (Å²) in [5.74, 6) is 0.551. The number of fused-ring (bicyclic) bond motifs is 1. The Morgan fingerprint density at radius 1 is 1.39 bits per heavy atom. The standard InChI is InChI=1S/C14H18ClFN2/c15-13-4-3-12(16)6-11(13)8-18-7-10-2-1-5-17-14(10)9-18/h3-4,6,10,14,17H,1-2,5,7-9H2/t10-,14+/m0/s1. The highest BCUT2D eigenvalue weighted by molar-refractivity contribution is 6.31. The van der Waals surface area contributed by atoms with Gasteiger partial charge in [0, 0.05) is 30.7 Å². The van der Waals surface area contributed by atoms with Gasteiger partial charge in [0.1, 0.15) is 5.82 Å². The summed E-state index contributed by atoms with van der Waals surface area (Å²) in [5, 5.41) is 4.24. The fraction of sp³-hybridized carbons (Fsp3) is 0.571. The molecule has 18 heavy (non-hydrogen) atoms. The van der Waals surface area contributed by atoms with Gasteiger partial charge in [0.25, 0.3) is 0 Å². The lowest BCUT2D eigenvalue weighted by molar-refractivity contribution is 0.312. The Morgan fingerprint density at radius 2 is 2.28 bits per heavy atom. The van der Waals surface area contributed by atoms with Crippen LogP contribution in [0.5, 0.6) is 0 Å². The molecule has 3 rings (SSSR count). The lowest BCUT2D eigenvalue weighted by Crippen LogP contribution is -2.40. The van der Waals surface area contributed by atoms with Crippen molar-refractivity contribution in [2.24, 2.45) is 5.92 Å². The van der Waals surface area contributed by atoms with E-state index in [-0.39, 0.29) is 5.82 Å². The number of benzene rings is 1. The van der Waals surface area contributed by atoms with Crippen molar-refractivity contribution in [1.29, 1.82) is 0 Å². The minimum atomic E-state index is -0.205. The summed E-state index contributed by atoms with van der Waals surface area (Å²) in [7, 11) is 0. The molecular formula is C14H18ClFN2. The van der Waals surface area contributed by atoms with Crippen LogP contribution in [0.15, 0.2) is 18.2 Å². The van der Waals surface area contributed by atoms with Gasteiger partial charge in [0.15, 0.2) is 0 Å². The number of hydrogen-bond donors (Lipinski definition) is 1. The normalized spacial score (nSPS) is 28.3. The highest BCUT2D eigenvalue weighted by atomic mass is 35.5. The van der Waals surface area contributed by atoms with Crippen LogP contribution in [0.2, 0.25) is 5.02 Å². The molecule has 0 bridgehead atoms. The molecule has 0 aliphatic carbocycles. The van der Waals surface area contributed by atoms with Gasteiger partial charge in [-0.15, -0.1) is 0 Å². The minimum absolute atomic E-state index is 0.205. The van der Waals surface area contributed by atoms with Crippen molar-refractivity contribution in [2.75, 3.05) is 19.6 Å². The van der Waals surface area contributed by atoms with Crippen molar-refractivity contribution in [3.05, 3.63) is 34.6 Å². The van der Waals surface area contributed by atoms with Crippen LogP contribution in [-0.2, 0) is 6.54 Å². The van der Waals surface area contributed by atoms with E-state index in [1.807, 2.05) is 0 Å². The molecule has 2 atom stereocenters. The third-order valence-electron chi connectivity index (χ3n) is 4.08. The second kappa shape index (κ2) is 5.16. The third-order valence-corrected chi connectivity index (χ3v) is 4.45. The predicted octanol–water partition coefficient (Wildman–Crippen LogP) is 2.66. The van der Waals surface area contributed by atoms with Gasteiger partial charge in [0.05, 0.1) is 0 Å². The van der Waals surface area contributed by atoms with Crippen molar-refractivity contribution in [1.82, 2.24) is 10.2 Å². The van der Waals surface area contributed by atoms with Crippen LogP contribution in [0.1, 0.15) is 18.4 Å². The molecule has 0 aromatic heterocycles. The van der Waals surface area contributed by atoms with Gasteiger partial charge in [-0.2, -0.15) is 0 Å². The molecule has 2 aliphatic rings. The third kappa shape index (κ3) is 2.53. The van der Waals surface area contributed by atoms with Crippen molar-refractivity contribution in [3.8, 4) is 0 Å². The molecule has 2 aliphatic heterocycles. The molecule has 0 radical (unpaired) electrons. The maximum atomic E-state index is 13.2. The average Bonchev–Trinajstić information content (AvgIpc) is 2.76. The van der Waals surface area contributed by atoms with Crippen LogP contribution in [0, 0.1) is 11.7 Å². The van der Waals surface area contributed by atoms with Gasteiger partial charge in [-0.3, -0.25) is 4.90 Å². The number of nitrogens with zero attached hydrogens (tertiary/aromatic N) is 1. The van der Waals surface area contributed by atoms with Gasteiger partial charge >= 0.3 is 0 Å². The van der Waals surface area contributed by atoms with Gasteiger partial charge in [-0.25, -0.2) is 4.39 Å². The molecule has 0 spiro atoms. The first-order valence-electron chi connectivity index (χ1n) is 6.62. The van der Waals surface area contributed by atoms with Crippen molar-refractivity contribution in [2.45, 2.75) is 25.4 Å². The minimum Gasteiger partial charge on any atom is -0.312 e. The highest BCUT2D eigenvalue weighted by Gasteiger charge is 2.34. The van der Waals surface area contributed by atoms with Crippen LogP contribution >= 0.6 is 11.6 Å². The zero-order chi connectivity index (χ0) is 12.5. The Morgan fingerprint density at radius 3 is 3.11 bits per heavy atom. The average molecular weight is 269 g/mol. The van der Waals surface area contributed by atoms with E-state index >= 15 is 0 Å². The van der Waals surface area contributed by atoms with E-state index < -0.39 is 0 Å². The molecular weight excluding hydrogens is 251 g/mol. The van der Waals surface area contributed by atoms with Gasteiger partial charge in [-0.1, -0.05) is 11.6 Å². The van der Waals surface area contributed by atoms with E-state index in [0.29, 0.717) is 11.1 Å². The molecule has 98 valence electrons. The summed E-state index contributed by atoms with van der Waals surface area (Å²) in [6, 6.07) is 5.23. The Balaban J connectivity index is 1.68. The van der Waals surface area contributed by atoms with E-state index in [4.69, 9.17) is 11.6 Å². The first-order valence-corrected chi connectivity index (χ1v) is 7.00. The fourth-order valence-electron chi connectivity index (χ4n) is 3.17. The summed E-state index contributed by atoms with van der Waals surface area (Å²) >= 11 is 6.12. The summed E-state index contributed by atoms with van der Waals surface area (Å²) in [6.45, 7) is 4.04. The zero-order valence-corrected chi connectivity index (χ0v) is 11.1. The second-order valence-corrected chi connectivity index (χ2v) is 5.80. The van der Waals surface area contributed by atoms with Crippen LogP contribution in [0.3, 0.4) is 0 Å². The summed E-state index contributed by atoms with van der Waals surface area (Å²) in [4.78, 5) is 2.38. The zero-order valence-electron chi connectivity index (χ0n) is 10.3. The molecule has 0 unspecified atom stereocenters. The molecule has 1 N–H and O–H groups in total. The van der Waals surface area contributed by atoms with Crippen molar-refractivity contribution in [3.63, 3.8) is 0 Å². The molecule has 2 nitrogen and oxygen atoms in total. The Hall–Kier alpha value is -0.640. The quantitative estimate of drug-likeness (QED) is 0.887. The number of likely N-dealkylation sites (tertiary alicyclic amines) is 1. The van der Waals surface area contributed by atoms with E-state index in [9.17, 15) is 4.39 Å². The van der Waals surface area contributed by atoms with Crippen LogP contribution < -0.4 is 5.32 Å². The lowest BCUT2D eigenvalue weighted by Gasteiger charge is -2.24. The van der Waals surface area contributed by atoms with Crippen LogP contribution in [0.25, 0.3) is 0 Å². The summed E-state index contributed by atoms with van der Waals surface area (Å²) < 4.78 is 13.2. The van der Waals surface area contributed by atoms with Gasteiger partial charge in [0.2, 0.25) is 0 Å². The summed E-state index contributed by atoms with van der Waals surface area (Å²) in [5.41, 5.74) is 0.898. The van der Waals surface area contributed by atoms with Crippen LogP contribution in [-0.4, -0.2) is 30.6 Å². The van der Waals surface area contributed by atoms with Crippen molar-refractivity contribution < 1.29 is 4.39 Å². The summed E-state index contributed by atoms with van der Waals surface area (Å²) in [6.07, 6.45) is 2.58. The topological polar surface area (TPSA) is 15.3 Å². The molecule has 2 fully saturated rings. The Bertz CT molecular complexity index is 424. The number of hydrogen-bond acceptors (Lipinski definition) is 2. The maximum Gasteiger partial charge on any atom is 0.123 e.